The molecule has 0 aliphatic rings. The van der Waals surface area contributed by atoms with Crippen molar-refractivity contribution in [1.82, 2.24) is 0 Å². The van der Waals surface area contributed by atoms with Crippen LogP contribution in [-0.2, 0) is 0 Å². The molecule has 0 bridgehead atoms. The first-order valence-electron chi connectivity index (χ1n) is 9.24. The zero-order chi connectivity index (χ0) is 20.8. The average Bonchev–Trinajstić information content (AvgIpc) is 2.77. The normalized spacial score (nSPS) is 11.1. The van der Waals surface area contributed by atoms with Gasteiger partial charge in [-0.2, -0.15) is 0 Å². The maximum Gasteiger partial charge on any atom is 0.333 e. The molecule has 0 aromatic heterocycles. The van der Waals surface area contributed by atoms with Crippen molar-refractivity contribution in [2.24, 2.45) is 0 Å². The lowest BCUT2D eigenvalue weighted by Crippen LogP contribution is -2.40. The van der Waals surface area contributed by atoms with Crippen LogP contribution in [0.25, 0.3) is 5.70 Å². The number of hydrogen-bond acceptors (Lipinski definition) is 2. The number of halogens is 1. The molecular weight excluding hydrogens is 384 g/mol. The van der Waals surface area contributed by atoms with Gasteiger partial charge in [0.1, 0.15) is 5.75 Å². The summed E-state index contributed by atoms with van der Waals surface area (Å²) in [5.74, 6) is 0.731. The van der Waals surface area contributed by atoms with Crippen LogP contribution in [0.4, 0.5) is 16.2 Å². The Morgan fingerprint density at radius 1 is 0.897 bits per heavy atom. The summed E-state index contributed by atoms with van der Waals surface area (Å²) in [6.45, 7) is 1.93. The molecule has 3 aromatic carbocycles. The van der Waals surface area contributed by atoms with E-state index in [9.17, 15) is 4.79 Å². The quantitative estimate of drug-likeness (QED) is 0.486. The predicted molar refractivity (Wildman–Crippen MR) is 121 cm³/mol. The molecule has 0 spiro atoms. The highest BCUT2D eigenvalue weighted by molar-refractivity contribution is 6.30. The van der Waals surface area contributed by atoms with Crippen LogP contribution in [0.2, 0.25) is 5.02 Å². The zero-order valence-corrected chi connectivity index (χ0v) is 17.4. The van der Waals surface area contributed by atoms with E-state index in [-0.39, 0.29) is 6.03 Å². The summed E-state index contributed by atoms with van der Waals surface area (Å²) in [5, 5.41) is 0.625. The number of nitrogens with zero attached hydrogens (tertiary/aromatic N) is 2. The van der Waals surface area contributed by atoms with Crippen molar-refractivity contribution in [2.75, 3.05) is 24.0 Å². The van der Waals surface area contributed by atoms with Crippen LogP contribution in [0.5, 0.6) is 5.75 Å². The van der Waals surface area contributed by atoms with E-state index < -0.39 is 0 Å². The summed E-state index contributed by atoms with van der Waals surface area (Å²) in [4.78, 5) is 16.9. The van der Waals surface area contributed by atoms with Gasteiger partial charge >= 0.3 is 6.03 Å². The summed E-state index contributed by atoms with van der Waals surface area (Å²) in [6, 6.07) is 24.3. The standard InChI is InChI=1S/C24H23ClN2O2/c1-4-23(18-8-6-5-7-9-18)27(21-14-16-22(29-3)17-15-21)24(28)26(2)20-12-10-19(25)11-13-20/h4-17H,1-3H3/b23-4-. The highest BCUT2D eigenvalue weighted by Gasteiger charge is 2.25. The monoisotopic (exact) mass is 406 g/mol. The lowest BCUT2D eigenvalue weighted by molar-refractivity contribution is 0.255. The maximum atomic E-state index is 13.6. The molecule has 0 unspecified atom stereocenters. The third-order valence-electron chi connectivity index (χ3n) is 4.61. The Morgan fingerprint density at radius 3 is 2.03 bits per heavy atom. The van der Waals surface area contributed by atoms with Gasteiger partial charge in [-0.1, -0.05) is 48.0 Å². The number of anilines is 2. The van der Waals surface area contributed by atoms with Gasteiger partial charge in [0.05, 0.1) is 18.5 Å². The fourth-order valence-electron chi connectivity index (χ4n) is 3.04. The van der Waals surface area contributed by atoms with E-state index in [1.807, 2.05) is 79.7 Å². The molecule has 0 fully saturated rings. The summed E-state index contributed by atoms with van der Waals surface area (Å²) >= 11 is 6.00. The van der Waals surface area contributed by atoms with Gasteiger partial charge in [-0.3, -0.25) is 9.80 Å². The molecule has 0 aliphatic heterocycles. The number of carbonyl (C=O) groups is 1. The van der Waals surface area contributed by atoms with Crippen LogP contribution in [0.1, 0.15) is 12.5 Å². The Balaban J connectivity index is 2.06. The van der Waals surface area contributed by atoms with Crippen LogP contribution in [0.15, 0.2) is 84.9 Å². The SMILES string of the molecule is C/C=C(/c1ccccc1)N(C(=O)N(C)c1ccc(Cl)cc1)c1ccc(OC)cc1. The molecular formula is C24H23ClN2O2. The molecule has 3 aromatic rings. The van der Waals surface area contributed by atoms with E-state index in [1.165, 1.54) is 0 Å². The van der Waals surface area contributed by atoms with Gasteiger partial charge in [0.25, 0.3) is 0 Å². The minimum Gasteiger partial charge on any atom is -0.497 e. The van der Waals surface area contributed by atoms with Crippen molar-refractivity contribution in [2.45, 2.75) is 6.92 Å². The number of carbonyl (C=O) groups excluding carboxylic acids is 1. The molecule has 0 saturated heterocycles. The van der Waals surface area contributed by atoms with Gasteiger partial charge in [0, 0.05) is 17.8 Å². The Morgan fingerprint density at radius 2 is 1.48 bits per heavy atom. The molecule has 0 N–H and O–H groups in total. The molecule has 0 aliphatic carbocycles. The predicted octanol–water partition coefficient (Wildman–Crippen LogP) is 6.47. The van der Waals surface area contributed by atoms with Crippen molar-refractivity contribution in [3.05, 3.63) is 95.5 Å². The van der Waals surface area contributed by atoms with Gasteiger partial charge in [0.2, 0.25) is 0 Å². The Bertz CT molecular complexity index is 984. The van der Waals surface area contributed by atoms with Gasteiger partial charge in [-0.25, -0.2) is 4.79 Å². The molecule has 0 radical (unpaired) electrons. The fraction of sp³-hybridized carbons (Fsp3) is 0.125. The molecule has 0 atom stereocenters. The topological polar surface area (TPSA) is 32.8 Å². The molecule has 5 heteroatoms. The molecule has 0 heterocycles. The van der Waals surface area contributed by atoms with Crippen LogP contribution in [0.3, 0.4) is 0 Å². The molecule has 0 saturated carbocycles. The first-order chi connectivity index (χ1) is 14.0. The Kier molecular flexibility index (Phi) is 6.57. The van der Waals surface area contributed by atoms with Crippen molar-refractivity contribution in [3.63, 3.8) is 0 Å². The Labute approximate surface area is 176 Å². The van der Waals surface area contributed by atoms with E-state index in [4.69, 9.17) is 16.3 Å². The van der Waals surface area contributed by atoms with Crippen molar-refractivity contribution < 1.29 is 9.53 Å². The molecule has 2 amide bonds. The number of allylic oxidation sites excluding steroid dienone is 1. The Hall–Kier alpha value is -3.24. The van der Waals surface area contributed by atoms with Crippen LogP contribution in [0, 0.1) is 0 Å². The third kappa shape index (κ3) is 4.61. The summed E-state index contributed by atoms with van der Waals surface area (Å²) in [6.07, 6.45) is 1.94. The van der Waals surface area contributed by atoms with Gasteiger partial charge in [-0.05, 0) is 61.0 Å². The number of rotatable bonds is 5. The van der Waals surface area contributed by atoms with Crippen molar-refractivity contribution >= 4 is 34.7 Å². The summed E-state index contributed by atoms with van der Waals surface area (Å²) in [5.41, 5.74) is 3.24. The lowest BCUT2D eigenvalue weighted by Gasteiger charge is -2.30. The first-order valence-corrected chi connectivity index (χ1v) is 9.62. The average molecular weight is 407 g/mol. The van der Waals surface area contributed by atoms with Crippen molar-refractivity contribution in [3.8, 4) is 5.75 Å². The molecule has 29 heavy (non-hydrogen) atoms. The second-order valence-electron chi connectivity index (χ2n) is 6.39. The second-order valence-corrected chi connectivity index (χ2v) is 6.83. The molecule has 4 nitrogen and oxygen atoms in total. The molecule has 148 valence electrons. The second kappa shape index (κ2) is 9.30. The number of urea groups is 1. The first kappa shape index (κ1) is 20.5. The maximum absolute atomic E-state index is 13.6. The van der Waals surface area contributed by atoms with Gasteiger partial charge in [0.15, 0.2) is 0 Å². The van der Waals surface area contributed by atoms with E-state index >= 15 is 0 Å². The van der Waals surface area contributed by atoms with E-state index in [1.54, 1.807) is 36.1 Å². The lowest BCUT2D eigenvalue weighted by atomic mass is 10.1. The summed E-state index contributed by atoms with van der Waals surface area (Å²) < 4.78 is 5.27. The fourth-order valence-corrected chi connectivity index (χ4v) is 3.17. The minimum atomic E-state index is -0.186. The van der Waals surface area contributed by atoms with Crippen LogP contribution in [-0.4, -0.2) is 20.2 Å². The highest BCUT2D eigenvalue weighted by Crippen LogP contribution is 2.30. The molecule has 3 rings (SSSR count). The van der Waals surface area contributed by atoms with Crippen LogP contribution >= 0.6 is 11.6 Å². The zero-order valence-electron chi connectivity index (χ0n) is 16.7. The van der Waals surface area contributed by atoms with Gasteiger partial charge in [-0.15, -0.1) is 0 Å². The summed E-state index contributed by atoms with van der Waals surface area (Å²) in [7, 11) is 3.37. The van der Waals surface area contributed by atoms with Crippen molar-refractivity contribution in [1.29, 1.82) is 0 Å². The smallest absolute Gasteiger partial charge is 0.333 e. The highest BCUT2D eigenvalue weighted by atomic mass is 35.5. The number of ether oxygens (including phenoxy) is 1. The van der Waals surface area contributed by atoms with E-state index in [0.29, 0.717) is 5.02 Å². The van der Waals surface area contributed by atoms with E-state index in [0.717, 1.165) is 28.4 Å². The minimum absolute atomic E-state index is 0.186. The third-order valence-corrected chi connectivity index (χ3v) is 4.86. The van der Waals surface area contributed by atoms with Gasteiger partial charge < -0.3 is 4.74 Å². The number of methoxy groups -OCH3 is 1. The van der Waals surface area contributed by atoms with Crippen LogP contribution < -0.4 is 14.5 Å². The van der Waals surface area contributed by atoms with E-state index in [2.05, 4.69) is 0 Å². The number of amides is 2. The number of hydrogen-bond donors (Lipinski definition) is 0. The largest absolute Gasteiger partial charge is 0.497 e. The number of benzene rings is 3.